The third-order valence-corrected chi connectivity index (χ3v) is 1.14. The van der Waals surface area contributed by atoms with Gasteiger partial charge in [-0.1, -0.05) is 0 Å². The molecule has 0 aliphatic carbocycles. The third kappa shape index (κ3) is 1.57. The minimum Gasteiger partial charge on any atom is -0.418 e. The van der Waals surface area contributed by atoms with E-state index in [4.69, 9.17) is 4.42 Å². The Labute approximate surface area is 59.7 Å². The van der Waals surface area contributed by atoms with Crippen LogP contribution in [0, 0.1) is 0 Å². The zero-order chi connectivity index (χ0) is 6.69. The molecule has 0 N–H and O–H groups in total. The molecule has 1 aromatic heterocycles. The second-order valence-electron chi connectivity index (χ2n) is 1.27. The van der Waals surface area contributed by atoms with E-state index < -0.39 is 0 Å². The second kappa shape index (κ2) is 2.68. The lowest BCUT2D eigenvalue weighted by Gasteiger charge is -1.85. The standard InChI is InChI=1S/C5H3BrO3/c6-4-1-2-5(9-4)8-3-7/h1-3H. The third-order valence-electron chi connectivity index (χ3n) is 0.713. The maximum Gasteiger partial charge on any atom is 0.300 e. The number of hydrogen-bond donors (Lipinski definition) is 0. The molecule has 9 heavy (non-hydrogen) atoms. The van der Waals surface area contributed by atoms with Crippen LogP contribution in [-0.2, 0) is 4.79 Å². The fraction of sp³-hybridized carbons (Fsp3) is 0. The summed E-state index contributed by atoms with van der Waals surface area (Å²) in [5.74, 6) is 0.192. The first kappa shape index (κ1) is 6.35. The number of halogens is 1. The van der Waals surface area contributed by atoms with Crippen molar-refractivity contribution in [1.29, 1.82) is 0 Å². The lowest BCUT2D eigenvalue weighted by atomic mass is 10.7. The van der Waals surface area contributed by atoms with E-state index in [0.717, 1.165) is 0 Å². The van der Waals surface area contributed by atoms with Crippen LogP contribution in [0.2, 0.25) is 0 Å². The molecule has 0 radical (unpaired) electrons. The largest absolute Gasteiger partial charge is 0.418 e. The molecular formula is C5H3BrO3. The van der Waals surface area contributed by atoms with Crippen LogP contribution >= 0.6 is 15.9 Å². The summed E-state index contributed by atoms with van der Waals surface area (Å²) in [6, 6.07) is 3.18. The topological polar surface area (TPSA) is 39.4 Å². The zero-order valence-electron chi connectivity index (χ0n) is 4.33. The molecule has 0 fully saturated rings. The van der Waals surface area contributed by atoms with E-state index in [2.05, 4.69) is 20.7 Å². The summed E-state index contributed by atoms with van der Waals surface area (Å²) < 4.78 is 9.68. The quantitative estimate of drug-likeness (QED) is 0.666. The van der Waals surface area contributed by atoms with Gasteiger partial charge in [-0.2, -0.15) is 0 Å². The van der Waals surface area contributed by atoms with E-state index in [1.54, 1.807) is 12.1 Å². The number of furan rings is 1. The fourth-order valence-electron chi connectivity index (χ4n) is 0.408. The average molecular weight is 191 g/mol. The van der Waals surface area contributed by atoms with Gasteiger partial charge in [0.2, 0.25) is 0 Å². The monoisotopic (exact) mass is 190 g/mol. The molecule has 1 rings (SSSR count). The molecule has 0 unspecified atom stereocenters. The van der Waals surface area contributed by atoms with Crippen LogP contribution < -0.4 is 4.74 Å². The van der Waals surface area contributed by atoms with Crippen molar-refractivity contribution >= 4 is 22.4 Å². The van der Waals surface area contributed by atoms with E-state index in [9.17, 15) is 4.79 Å². The van der Waals surface area contributed by atoms with Crippen LogP contribution in [0.15, 0.2) is 21.2 Å². The Morgan fingerprint density at radius 3 is 2.89 bits per heavy atom. The van der Waals surface area contributed by atoms with Gasteiger partial charge in [-0.05, 0) is 22.0 Å². The SMILES string of the molecule is O=COc1ccc(Br)o1. The van der Waals surface area contributed by atoms with Crippen LogP contribution in [0.4, 0.5) is 0 Å². The minimum absolute atomic E-state index is 0.192. The molecule has 1 aromatic rings. The van der Waals surface area contributed by atoms with Gasteiger partial charge in [0.25, 0.3) is 5.95 Å². The normalized spacial score (nSPS) is 9.00. The highest BCUT2D eigenvalue weighted by Gasteiger charge is 1.96. The van der Waals surface area contributed by atoms with Crippen LogP contribution in [-0.4, -0.2) is 6.47 Å². The number of hydrogen-bond acceptors (Lipinski definition) is 3. The lowest BCUT2D eigenvalue weighted by Crippen LogP contribution is -1.83. The van der Waals surface area contributed by atoms with E-state index in [1.165, 1.54) is 0 Å². The van der Waals surface area contributed by atoms with Gasteiger partial charge in [0, 0.05) is 6.07 Å². The second-order valence-corrected chi connectivity index (χ2v) is 2.05. The van der Waals surface area contributed by atoms with Crippen molar-refractivity contribution in [1.82, 2.24) is 0 Å². The molecule has 48 valence electrons. The number of rotatable bonds is 2. The predicted molar refractivity (Wildman–Crippen MR) is 33.1 cm³/mol. The van der Waals surface area contributed by atoms with Gasteiger partial charge in [0.15, 0.2) is 4.67 Å². The summed E-state index contributed by atoms with van der Waals surface area (Å²) in [4.78, 5) is 9.69. The van der Waals surface area contributed by atoms with E-state index in [-0.39, 0.29) is 5.95 Å². The van der Waals surface area contributed by atoms with Crippen LogP contribution in [0.1, 0.15) is 0 Å². The molecule has 1 heterocycles. The van der Waals surface area contributed by atoms with Crippen molar-refractivity contribution in [3.05, 3.63) is 16.8 Å². The number of ether oxygens (including phenoxy) is 1. The smallest absolute Gasteiger partial charge is 0.300 e. The molecule has 0 aliphatic heterocycles. The fourth-order valence-corrected chi connectivity index (χ4v) is 0.700. The first-order valence-corrected chi connectivity index (χ1v) is 2.98. The van der Waals surface area contributed by atoms with E-state index >= 15 is 0 Å². The first-order chi connectivity index (χ1) is 4.33. The Morgan fingerprint density at radius 1 is 1.67 bits per heavy atom. The lowest BCUT2D eigenvalue weighted by molar-refractivity contribution is -0.121. The molecule has 0 aliphatic rings. The van der Waals surface area contributed by atoms with Crippen LogP contribution in [0.25, 0.3) is 0 Å². The Bertz CT molecular complexity index is 206. The van der Waals surface area contributed by atoms with Crippen LogP contribution in [0.5, 0.6) is 5.95 Å². The number of carbonyl (C=O) groups excluding carboxylic acids is 1. The highest BCUT2D eigenvalue weighted by Crippen LogP contribution is 2.19. The van der Waals surface area contributed by atoms with Crippen molar-refractivity contribution in [2.45, 2.75) is 0 Å². The maximum atomic E-state index is 9.69. The minimum atomic E-state index is 0.192. The summed E-state index contributed by atoms with van der Waals surface area (Å²) >= 11 is 3.04. The zero-order valence-corrected chi connectivity index (χ0v) is 5.92. The van der Waals surface area contributed by atoms with Gasteiger partial charge in [-0.3, -0.25) is 4.79 Å². The van der Waals surface area contributed by atoms with Crippen molar-refractivity contribution in [2.75, 3.05) is 0 Å². The summed E-state index contributed by atoms with van der Waals surface area (Å²) in [6.07, 6.45) is 0. The molecule has 0 amide bonds. The molecular weight excluding hydrogens is 188 g/mol. The van der Waals surface area contributed by atoms with Gasteiger partial charge >= 0.3 is 6.47 Å². The summed E-state index contributed by atoms with van der Waals surface area (Å²) in [5, 5.41) is 0. The van der Waals surface area contributed by atoms with Gasteiger partial charge in [-0.15, -0.1) is 0 Å². The van der Waals surface area contributed by atoms with Crippen molar-refractivity contribution in [3.63, 3.8) is 0 Å². The van der Waals surface area contributed by atoms with Gasteiger partial charge in [0.05, 0.1) is 0 Å². The van der Waals surface area contributed by atoms with Crippen molar-refractivity contribution in [3.8, 4) is 5.95 Å². The Kier molecular flexibility index (Phi) is 1.89. The summed E-state index contributed by atoms with van der Waals surface area (Å²) in [6.45, 7) is 0.311. The highest BCUT2D eigenvalue weighted by molar-refractivity contribution is 9.10. The molecule has 0 spiro atoms. The van der Waals surface area contributed by atoms with Gasteiger partial charge in [0.1, 0.15) is 0 Å². The molecule has 3 nitrogen and oxygen atoms in total. The van der Waals surface area contributed by atoms with Crippen molar-refractivity contribution in [2.24, 2.45) is 0 Å². The average Bonchev–Trinajstić information content (AvgIpc) is 2.17. The maximum absolute atomic E-state index is 9.69. The van der Waals surface area contributed by atoms with Gasteiger partial charge in [-0.25, -0.2) is 0 Å². The Balaban J connectivity index is 2.72. The number of carbonyl (C=O) groups is 1. The molecule has 4 heteroatoms. The van der Waals surface area contributed by atoms with E-state index in [1.807, 2.05) is 0 Å². The Morgan fingerprint density at radius 2 is 2.44 bits per heavy atom. The van der Waals surface area contributed by atoms with E-state index in [0.29, 0.717) is 11.1 Å². The van der Waals surface area contributed by atoms with Crippen molar-refractivity contribution < 1.29 is 13.9 Å². The highest BCUT2D eigenvalue weighted by atomic mass is 79.9. The Hall–Kier alpha value is -0.770. The molecule has 0 aromatic carbocycles. The molecule has 0 saturated heterocycles. The van der Waals surface area contributed by atoms with Gasteiger partial charge < -0.3 is 9.15 Å². The first-order valence-electron chi connectivity index (χ1n) is 2.18. The molecule has 0 atom stereocenters. The molecule has 0 saturated carbocycles. The predicted octanol–water partition coefficient (Wildman–Crippen LogP) is 1.58. The summed E-state index contributed by atoms with van der Waals surface area (Å²) in [7, 11) is 0. The van der Waals surface area contributed by atoms with Crippen LogP contribution in [0.3, 0.4) is 0 Å². The molecule has 0 bridgehead atoms. The summed E-state index contributed by atoms with van der Waals surface area (Å²) in [5.41, 5.74) is 0.